The number of hydrogen-bond donors (Lipinski definition) is 0. The van der Waals surface area contributed by atoms with E-state index in [4.69, 9.17) is 9.47 Å². The normalized spacial score (nSPS) is 22.2. The first kappa shape index (κ1) is 21.5. The van der Waals surface area contributed by atoms with E-state index in [9.17, 15) is 14.4 Å². The Morgan fingerprint density at radius 1 is 1.03 bits per heavy atom. The van der Waals surface area contributed by atoms with Crippen LogP contribution in [0.4, 0.5) is 5.69 Å². The van der Waals surface area contributed by atoms with Gasteiger partial charge in [-0.1, -0.05) is 12.8 Å². The number of nitrogens with zero attached hydrogens (tertiary/aromatic N) is 3. The summed E-state index contributed by atoms with van der Waals surface area (Å²) in [5, 5.41) is 0. The van der Waals surface area contributed by atoms with E-state index in [1.807, 2.05) is 29.2 Å². The molecule has 2 saturated heterocycles. The number of methoxy groups -OCH3 is 1. The topological polar surface area (TPSA) is 79.4 Å². The molecule has 0 spiro atoms. The molecule has 1 aliphatic carbocycles. The van der Waals surface area contributed by atoms with E-state index in [1.165, 1.54) is 0 Å². The number of hydrogen-bond acceptors (Lipinski definition) is 6. The van der Waals surface area contributed by atoms with Gasteiger partial charge in [-0.3, -0.25) is 14.4 Å². The first-order valence-electron chi connectivity index (χ1n) is 11.2. The van der Waals surface area contributed by atoms with Crippen LogP contribution in [0, 0.1) is 5.92 Å². The molecule has 1 aromatic rings. The quantitative estimate of drug-likeness (QED) is 0.640. The van der Waals surface area contributed by atoms with Gasteiger partial charge in [0.1, 0.15) is 5.75 Å². The van der Waals surface area contributed by atoms with E-state index in [0.29, 0.717) is 19.6 Å². The van der Waals surface area contributed by atoms with Crippen LogP contribution in [0.2, 0.25) is 0 Å². The third-order valence-corrected chi connectivity index (χ3v) is 6.67. The molecule has 0 aromatic heterocycles. The Morgan fingerprint density at radius 3 is 2.35 bits per heavy atom. The zero-order valence-electron chi connectivity index (χ0n) is 18.1. The van der Waals surface area contributed by atoms with Gasteiger partial charge >= 0.3 is 5.97 Å². The monoisotopic (exact) mass is 429 g/mol. The van der Waals surface area contributed by atoms with Gasteiger partial charge in [0, 0.05) is 50.9 Å². The van der Waals surface area contributed by atoms with Gasteiger partial charge < -0.3 is 24.2 Å². The van der Waals surface area contributed by atoms with Crippen molar-refractivity contribution in [2.24, 2.45) is 5.92 Å². The largest absolute Gasteiger partial charge is 0.497 e. The number of rotatable bonds is 6. The van der Waals surface area contributed by atoms with Gasteiger partial charge in [0.15, 0.2) is 6.61 Å². The van der Waals surface area contributed by atoms with Crippen LogP contribution in [0.15, 0.2) is 24.3 Å². The van der Waals surface area contributed by atoms with Crippen LogP contribution in [0.5, 0.6) is 5.75 Å². The molecule has 1 saturated carbocycles. The Kier molecular flexibility index (Phi) is 6.63. The average Bonchev–Trinajstić information content (AvgIpc) is 3.47. The molecule has 0 radical (unpaired) electrons. The zero-order valence-corrected chi connectivity index (χ0v) is 18.1. The molecular formula is C23H31N3O5. The molecule has 0 unspecified atom stereocenters. The summed E-state index contributed by atoms with van der Waals surface area (Å²) in [6, 6.07) is 8.14. The molecule has 8 nitrogen and oxygen atoms in total. The number of anilines is 1. The standard InChI is InChI=1S/C23H31N3O5/c1-30-20-8-6-18(7-9-20)24-10-12-25(13-11-24)22(28)16-31-23(29)17-14-21(27)26(15-17)19-4-2-3-5-19/h6-9,17,19H,2-5,10-16H2,1H3/t17-/m1/s1. The molecule has 31 heavy (non-hydrogen) atoms. The second-order valence-electron chi connectivity index (χ2n) is 8.56. The molecule has 1 atom stereocenters. The predicted molar refractivity (Wildman–Crippen MR) is 115 cm³/mol. The number of amides is 2. The maximum absolute atomic E-state index is 12.5. The molecule has 3 fully saturated rings. The first-order chi connectivity index (χ1) is 15.0. The van der Waals surface area contributed by atoms with Crippen molar-refractivity contribution >= 4 is 23.5 Å². The number of piperazine rings is 1. The second-order valence-corrected chi connectivity index (χ2v) is 8.56. The van der Waals surface area contributed by atoms with Crippen molar-refractivity contribution < 1.29 is 23.9 Å². The van der Waals surface area contributed by atoms with Gasteiger partial charge in [0.05, 0.1) is 13.0 Å². The third kappa shape index (κ3) is 4.94. The van der Waals surface area contributed by atoms with Crippen LogP contribution in [-0.4, -0.2) is 80.1 Å². The van der Waals surface area contributed by atoms with Gasteiger partial charge in [-0.25, -0.2) is 0 Å². The molecule has 0 N–H and O–H groups in total. The van der Waals surface area contributed by atoms with E-state index >= 15 is 0 Å². The Hall–Kier alpha value is -2.77. The molecule has 2 amide bonds. The summed E-state index contributed by atoms with van der Waals surface area (Å²) in [4.78, 5) is 43.0. The third-order valence-electron chi connectivity index (χ3n) is 6.67. The number of esters is 1. The maximum atomic E-state index is 12.5. The molecule has 168 valence electrons. The lowest BCUT2D eigenvalue weighted by molar-refractivity contribution is -0.155. The lowest BCUT2D eigenvalue weighted by Crippen LogP contribution is -2.50. The van der Waals surface area contributed by atoms with Crippen molar-refractivity contribution in [2.45, 2.75) is 38.1 Å². The summed E-state index contributed by atoms with van der Waals surface area (Å²) in [5.41, 5.74) is 1.09. The van der Waals surface area contributed by atoms with Gasteiger partial charge in [0.2, 0.25) is 5.91 Å². The number of benzene rings is 1. The molecule has 8 heteroatoms. The summed E-state index contributed by atoms with van der Waals surface area (Å²) in [7, 11) is 1.64. The summed E-state index contributed by atoms with van der Waals surface area (Å²) in [5.74, 6) is -0.212. The van der Waals surface area contributed by atoms with Crippen LogP contribution in [0.25, 0.3) is 0 Å². The second kappa shape index (κ2) is 9.58. The van der Waals surface area contributed by atoms with Crippen molar-refractivity contribution in [3.05, 3.63) is 24.3 Å². The highest BCUT2D eigenvalue weighted by atomic mass is 16.5. The Balaban J connectivity index is 1.20. The highest BCUT2D eigenvalue weighted by molar-refractivity contribution is 5.88. The van der Waals surface area contributed by atoms with Gasteiger partial charge in [-0.15, -0.1) is 0 Å². The first-order valence-corrected chi connectivity index (χ1v) is 11.2. The summed E-state index contributed by atoms with van der Waals surface area (Å²) in [6.45, 7) is 2.78. The number of carbonyl (C=O) groups is 3. The molecular weight excluding hydrogens is 398 g/mol. The van der Waals surface area contributed by atoms with Gasteiger partial charge in [-0.05, 0) is 37.1 Å². The van der Waals surface area contributed by atoms with Gasteiger partial charge in [-0.2, -0.15) is 0 Å². The Bertz CT molecular complexity index is 798. The lowest BCUT2D eigenvalue weighted by atomic mass is 10.1. The predicted octanol–water partition coefficient (Wildman–Crippen LogP) is 1.68. The van der Waals surface area contributed by atoms with E-state index in [2.05, 4.69) is 4.90 Å². The van der Waals surface area contributed by atoms with E-state index in [0.717, 1.165) is 50.2 Å². The molecule has 4 rings (SSSR count). The van der Waals surface area contributed by atoms with Crippen molar-refractivity contribution in [3.63, 3.8) is 0 Å². The Morgan fingerprint density at radius 2 is 1.71 bits per heavy atom. The minimum absolute atomic E-state index is 0.0369. The molecule has 2 aliphatic heterocycles. The van der Waals surface area contributed by atoms with Crippen molar-refractivity contribution in [1.82, 2.24) is 9.80 Å². The fourth-order valence-corrected chi connectivity index (χ4v) is 4.81. The smallest absolute Gasteiger partial charge is 0.311 e. The molecule has 0 bridgehead atoms. The fraction of sp³-hybridized carbons (Fsp3) is 0.609. The van der Waals surface area contributed by atoms with E-state index in [1.54, 1.807) is 12.0 Å². The van der Waals surface area contributed by atoms with E-state index in [-0.39, 0.29) is 30.9 Å². The average molecular weight is 430 g/mol. The molecule has 1 aromatic carbocycles. The maximum Gasteiger partial charge on any atom is 0.311 e. The van der Waals surface area contributed by atoms with Crippen LogP contribution in [0.3, 0.4) is 0 Å². The Labute approximate surface area is 183 Å². The molecule has 2 heterocycles. The highest BCUT2D eigenvalue weighted by Gasteiger charge is 2.39. The fourth-order valence-electron chi connectivity index (χ4n) is 4.81. The summed E-state index contributed by atoms with van der Waals surface area (Å²) < 4.78 is 10.5. The zero-order chi connectivity index (χ0) is 21.8. The van der Waals surface area contributed by atoms with Crippen LogP contribution in [-0.2, 0) is 19.1 Å². The van der Waals surface area contributed by atoms with Crippen molar-refractivity contribution in [1.29, 1.82) is 0 Å². The number of likely N-dealkylation sites (tertiary alicyclic amines) is 1. The number of carbonyl (C=O) groups excluding carboxylic acids is 3. The van der Waals surface area contributed by atoms with Crippen LogP contribution >= 0.6 is 0 Å². The SMILES string of the molecule is COc1ccc(N2CCN(C(=O)COC(=O)[C@@H]3CC(=O)N(C4CCCC4)C3)CC2)cc1. The molecule has 3 aliphatic rings. The summed E-state index contributed by atoms with van der Waals surface area (Å²) >= 11 is 0. The minimum Gasteiger partial charge on any atom is -0.497 e. The van der Waals surface area contributed by atoms with Gasteiger partial charge in [0.25, 0.3) is 5.91 Å². The van der Waals surface area contributed by atoms with E-state index < -0.39 is 11.9 Å². The van der Waals surface area contributed by atoms with Crippen LogP contribution in [0.1, 0.15) is 32.1 Å². The van der Waals surface area contributed by atoms with Crippen molar-refractivity contribution in [2.75, 3.05) is 51.3 Å². The lowest BCUT2D eigenvalue weighted by Gasteiger charge is -2.36. The minimum atomic E-state index is -0.451. The summed E-state index contributed by atoms with van der Waals surface area (Å²) in [6.07, 6.45) is 4.53. The number of ether oxygens (including phenoxy) is 2. The highest BCUT2D eigenvalue weighted by Crippen LogP contribution is 2.30. The van der Waals surface area contributed by atoms with Crippen molar-refractivity contribution in [3.8, 4) is 5.75 Å². The van der Waals surface area contributed by atoms with Crippen LogP contribution < -0.4 is 9.64 Å².